The number of carbonyl (C=O) groups is 2. The minimum absolute atomic E-state index is 0.164. The largest absolute Gasteiger partial charge is 0.480 e. The number of carboxylic acids is 1. The van der Waals surface area contributed by atoms with Crippen LogP contribution in [0.25, 0.3) is 0 Å². The van der Waals surface area contributed by atoms with Gasteiger partial charge in [-0.2, -0.15) is 0 Å². The third-order valence-electron chi connectivity index (χ3n) is 5.45. The molecule has 1 N–H and O–H groups in total. The molecule has 1 aromatic heterocycles. The van der Waals surface area contributed by atoms with Crippen LogP contribution in [0.2, 0.25) is 5.02 Å². The highest BCUT2D eigenvalue weighted by molar-refractivity contribution is 8.02. The molecule has 1 amide bonds. The minimum atomic E-state index is -0.919. The third-order valence-corrected chi connectivity index (χ3v) is 7.88. The molecule has 0 saturated carbocycles. The summed E-state index contributed by atoms with van der Waals surface area (Å²) >= 11 is 8.68. The number of hydrogen-bond acceptors (Lipinski definition) is 5. The van der Waals surface area contributed by atoms with Gasteiger partial charge >= 0.3 is 5.97 Å². The van der Waals surface area contributed by atoms with E-state index < -0.39 is 10.7 Å². The van der Waals surface area contributed by atoms with E-state index in [0.29, 0.717) is 30.8 Å². The van der Waals surface area contributed by atoms with Crippen LogP contribution in [-0.4, -0.2) is 44.7 Å². The molecule has 0 spiro atoms. The zero-order valence-electron chi connectivity index (χ0n) is 19.8. The highest BCUT2D eigenvalue weighted by atomic mass is 35.5. The van der Waals surface area contributed by atoms with Gasteiger partial charge in [-0.1, -0.05) is 68.1 Å². The van der Waals surface area contributed by atoms with E-state index in [1.807, 2.05) is 34.5 Å². The molecule has 0 aliphatic heterocycles. The molecular weight excluding hydrogens is 476 g/mol. The number of benzene rings is 1. The van der Waals surface area contributed by atoms with Gasteiger partial charge in [-0.25, -0.2) is 4.98 Å². The molecule has 1 heterocycles. The van der Waals surface area contributed by atoms with Crippen LogP contribution in [0.5, 0.6) is 0 Å². The number of rotatable bonds is 15. The normalized spacial score (nSPS) is 11.5. The Morgan fingerprint density at radius 3 is 2.45 bits per heavy atom. The van der Waals surface area contributed by atoms with Crippen molar-refractivity contribution in [1.82, 2.24) is 9.88 Å². The maximum Gasteiger partial charge on any atom is 0.319 e. The second-order valence-corrected chi connectivity index (χ2v) is 11.9. The molecule has 0 bridgehead atoms. The van der Waals surface area contributed by atoms with E-state index in [4.69, 9.17) is 11.6 Å². The first-order valence-electron chi connectivity index (χ1n) is 11.6. The second-order valence-electron chi connectivity index (χ2n) is 8.69. The number of aliphatic carboxylic acids is 1. The van der Waals surface area contributed by atoms with Gasteiger partial charge in [-0.05, 0) is 44.4 Å². The lowest BCUT2D eigenvalue weighted by atomic mass is 10.1. The lowest BCUT2D eigenvalue weighted by Gasteiger charge is -2.23. The first-order chi connectivity index (χ1) is 15.7. The summed E-state index contributed by atoms with van der Waals surface area (Å²) in [4.78, 5) is 30.9. The number of carbonyl (C=O) groups excluding carboxylic acids is 1. The number of aromatic nitrogens is 1. The fourth-order valence-electron chi connectivity index (χ4n) is 3.29. The summed E-state index contributed by atoms with van der Waals surface area (Å²) in [5.74, 6) is -0.693. The van der Waals surface area contributed by atoms with Gasteiger partial charge in [-0.15, -0.1) is 11.3 Å². The Morgan fingerprint density at radius 2 is 1.79 bits per heavy atom. The number of nitrogens with zero attached hydrogens (tertiary/aromatic N) is 2. The molecule has 0 aliphatic rings. The molecule has 0 fully saturated rings. The van der Waals surface area contributed by atoms with Crippen molar-refractivity contribution in [1.29, 1.82) is 0 Å². The smallest absolute Gasteiger partial charge is 0.319 e. The van der Waals surface area contributed by atoms with Gasteiger partial charge in [0.15, 0.2) is 4.34 Å². The van der Waals surface area contributed by atoms with E-state index in [1.165, 1.54) is 42.4 Å². The van der Waals surface area contributed by atoms with Crippen LogP contribution >= 0.6 is 34.7 Å². The van der Waals surface area contributed by atoms with Crippen molar-refractivity contribution >= 4 is 46.6 Å². The fourth-order valence-corrected chi connectivity index (χ4v) is 5.64. The highest BCUT2D eigenvalue weighted by Gasteiger charge is 2.29. The van der Waals surface area contributed by atoms with Crippen LogP contribution in [-0.2, 0) is 22.4 Å². The lowest BCUT2D eigenvalue weighted by Crippen LogP contribution is -2.34. The summed E-state index contributed by atoms with van der Waals surface area (Å²) in [5, 5.41) is 12.0. The van der Waals surface area contributed by atoms with Crippen LogP contribution in [0, 0.1) is 0 Å². The summed E-state index contributed by atoms with van der Waals surface area (Å²) < 4.78 is -0.172. The maximum atomic E-state index is 13.0. The number of aryl methyl sites for hydroxylation is 1. The topological polar surface area (TPSA) is 70.5 Å². The number of amides is 1. The first-order valence-corrected chi connectivity index (χ1v) is 13.7. The number of unbranched alkanes of at least 4 members (excludes halogenated alkanes) is 4. The zero-order chi connectivity index (χ0) is 24.3. The van der Waals surface area contributed by atoms with Gasteiger partial charge in [0.05, 0.1) is 5.69 Å². The van der Waals surface area contributed by atoms with Crippen LogP contribution in [0.4, 0.5) is 0 Å². The number of carboxylic acid groups (broad SMARTS) is 1. The van der Waals surface area contributed by atoms with E-state index in [2.05, 4.69) is 11.9 Å². The Hall–Kier alpha value is -1.57. The average molecular weight is 511 g/mol. The summed E-state index contributed by atoms with van der Waals surface area (Å²) in [6.45, 7) is 6.95. The van der Waals surface area contributed by atoms with Gasteiger partial charge in [0.1, 0.15) is 4.75 Å². The van der Waals surface area contributed by atoms with Crippen LogP contribution in [0.3, 0.4) is 0 Å². The average Bonchev–Trinajstić information content (AvgIpc) is 3.21. The second kappa shape index (κ2) is 14.0. The zero-order valence-corrected chi connectivity index (χ0v) is 22.2. The van der Waals surface area contributed by atoms with Gasteiger partial charge in [0, 0.05) is 36.3 Å². The summed E-state index contributed by atoms with van der Waals surface area (Å²) in [6.07, 6.45) is 7.63. The van der Waals surface area contributed by atoms with Crippen LogP contribution < -0.4 is 0 Å². The number of halogens is 1. The van der Waals surface area contributed by atoms with E-state index in [0.717, 1.165) is 35.0 Å². The Kier molecular flexibility index (Phi) is 11.7. The quantitative estimate of drug-likeness (QED) is 0.212. The van der Waals surface area contributed by atoms with Crippen LogP contribution in [0.1, 0.15) is 70.6 Å². The predicted octanol–water partition coefficient (Wildman–Crippen LogP) is 6.73. The fraction of sp³-hybridized carbons (Fsp3) is 0.560. The number of thiazole rings is 1. The highest BCUT2D eigenvalue weighted by Crippen LogP contribution is 2.34. The number of thioether (sulfide) groups is 1. The molecule has 0 unspecified atom stereocenters. The van der Waals surface area contributed by atoms with E-state index >= 15 is 0 Å². The van der Waals surface area contributed by atoms with Gasteiger partial charge in [-0.3, -0.25) is 9.59 Å². The Labute approximate surface area is 210 Å². The molecule has 0 aliphatic carbocycles. The van der Waals surface area contributed by atoms with Crippen molar-refractivity contribution in [3.63, 3.8) is 0 Å². The van der Waals surface area contributed by atoms with Crippen molar-refractivity contribution in [2.45, 2.75) is 81.2 Å². The molecule has 1 aromatic carbocycles. The van der Waals surface area contributed by atoms with Crippen molar-refractivity contribution in [3.8, 4) is 0 Å². The summed E-state index contributed by atoms with van der Waals surface area (Å²) in [5.41, 5.74) is 2.02. The van der Waals surface area contributed by atoms with Gasteiger partial charge < -0.3 is 10.0 Å². The minimum Gasteiger partial charge on any atom is -0.480 e. The summed E-state index contributed by atoms with van der Waals surface area (Å²) in [7, 11) is 0. The lowest BCUT2D eigenvalue weighted by molar-refractivity contribution is -0.139. The van der Waals surface area contributed by atoms with E-state index in [1.54, 1.807) is 13.8 Å². The molecule has 2 rings (SSSR count). The van der Waals surface area contributed by atoms with Crippen molar-refractivity contribution in [3.05, 3.63) is 45.9 Å². The van der Waals surface area contributed by atoms with Crippen molar-refractivity contribution in [2.75, 3.05) is 13.1 Å². The Balaban J connectivity index is 1.93. The predicted molar refractivity (Wildman–Crippen MR) is 139 cm³/mol. The third kappa shape index (κ3) is 10.1. The molecule has 33 heavy (non-hydrogen) atoms. The van der Waals surface area contributed by atoms with Crippen LogP contribution in [0.15, 0.2) is 34.0 Å². The van der Waals surface area contributed by atoms with E-state index in [9.17, 15) is 14.7 Å². The van der Waals surface area contributed by atoms with E-state index in [-0.39, 0.29) is 5.91 Å². The van der Waals surface area contributed by atoms with Gasteiger partial charge in [0.25, 0.3) is 0 Å². The molecular formula is C25H35ClN2O3S2. The molecule has 8 heteroatoms. The molecule has 0 atom stereocenters. The molecule has 2 aromatic rings. The molecule has 0 saturated heterocycles. The molecule has 5 nitrogen and oxygen atoms in total. The molecule has 182 valence electrons. The van der Waals surface area contributed by atoms with Crippen molar-refractivity contribution in [2.24, 2.45) is 0 Å². The Bertz CT molecular complexity index is 884. The van der Waals surface area contributed by atoms with Crippen molar-refractivity contribution < 1.29 is 14.7 Å². The number of hydrogen-bond donors (Lipinski definition) is 1. The summed E-state index contributed by atoms with van der Waals surface area (Å²) in [6, 6.07) is 7.66. The SMILES string of the molecule is CCCCCCCN(CCc1csc(SC(C)(C)C(=O)O)n1)C(=O)CCc1ccc(Cl)cc1. The Morgan fingerprint density at radius 1 is 1.09 bits per heavy atom. The van der Waals surface area contributed by atoms with Gasteiger partial charge in [0.2, 0.25) is 5.91 Å². The first kappa shape index (κ1) is 27.7. The maximum absolute atomic E-state index is 13.0. The monoisotopic (exact) mass is 510 g/mol. The molecule has 0 radical (unpaired) electrons. The standard InChI is InChI=1S/C25H35ClN2O3S2/c1-4-5-6-7-8-16-28(22(29)14-11-19-9-12-20(26)13-10-19)17-15-21-18-32-24(27-21)33-25(2,3)23(30)31/h9-10,12-13,18H,4-8,11,14-17H2,1-3H3,(H,30,31).